The van der Waals surface area contributed by atoms with Gasteiger partial charge in [0.2, 0.25) is 5.91 Å². The first-order valence-corrected chi connectivity index (χ1v) is 9.92. The van der Waals surface area contributed by atoms with Gasteiger partial charge in [0, 0.05) is 35.1 Å². The number of alkyl halides is 3. The molecule has 0 atom stereocenters. The highest BCUT2D eigenvalue weighted by Gasteiger charge is 2.30. The summed E-state index contributed by atoms with van der Waals surface area (Å²) in [5.74, 6) is 6.48. The molecule has 3 amide bonds. The van der Waals surface area contributed by atoms with Crippen LogP contribution in [0.5, 0.6) is 0 Å². The van der Waals surface area contributed by atoms with Crippen molar-refractivity contribution in [3.8, 4) is 11.8 Å². The third kappa shape index (κ3) is 5.68. The minimum atomic E-state index is -4.50. The van der Waals surface area contributed by atoms with Crippen LogP contribution in [0.15, 0.2) is 60.8 Å². The lowest BCUT2D eigenvalue weighted by Gasteiger charge is -2.15. The summed E-state index contributed by atoms with van der Waals surface area (Å²) < 4.78 is 38.5. The number of nitrogens with one attached hydrogen (secondary N) is 3. The first-order chi connectivity index (χ1) is 15.8. The Balaban J connectivity index is 1.43. The molecular weight excluding hydrogens is 433 g/mol. The monoisotopic (exact) mass is 450 g/mol. The minimum Gasteiger partial charge on any atom is -0.310 e. The number of rotatable bonds is 2. The van der Waals surface area contributed by atoms with Gasteiger partial charge in [0.15, 0.2) is 0 Å². The number of hydrogen-bond donors (Lipinski definition) is 3. The second kappa shape index (κ2) is 9.04. The molecule has 1 aromatic heterocycles. The van der Waals surface area contributed by atoms with Crippen molar-refractivity contribution in [2.24, 2.45) is 0 Å². The zero-order valence-electron chi connectivity index (χ0n) is 17.1. The lowest BCUT2D eigenvalue weighted by molar-refractivity contribution is -0.137. The first-order valence-electron chi connectivity index (χ1n) is 9.92. The van der Waals surface area contributed by atoms with Gasteiger partial charge in [-0.15, -0.1) is 0 Å². The average Bonchev–Trinajstić information content (AvgIpc) is 2.77. The van der Waals surface area contributed by atoms with E-state index in [1.165, 1.54) is 12.1 Å². The van der Waals surface area contributed by atoms with Gasteiger partial charge in [0.1, 0.15) is 5.82 Å². The van der Waals surface area contributed by atoms with Crippen LogP contribution in [0.3, 0.4) is 0 Å². The van der Waals surface area contributed by atoms with Crippen molar-refractivity contribution in [3.63, 3.8) is 0 Å². The van der Waals surface area contributed by atoms with Gasteiger partial charge in [-0.05, 0) is 54.4 Å². The van der Waals surface area contributed by atoms with Gasteiger partial charge in [-0.1, -0.05) is 24.0 Å². The average molecular weight is 450 g/mol. The number of hydrogen-bond acceptors (Lipinski definition) is 3. The summed E-state index contributed by atoms with van der Waals surface area (Å²) in [7, 11) is 0. The highest BCUT2D eigenvalue weighted by atomic mass is 19.4. The zero-order valence-corrected chi connectivity index (χ0v) is 17.1. The number of carbonyl (C=O) groups excluding carboxylic acids is 2. The molecule has 4 rings (SSSR count). The maximum atomic E-state index is 12.8. The van der Waals surface area contributed by atoms with E-state index in [1.54, 1.807) is 30.5 Å². The number of amides is 3. The number of aryl methyl sites for hydroxylation is 1. The van der Waals surface area contributed by atoms with Gasteiger partial charge in [-0.3, -0.25) is 4.79 Å². The Labute approximate surface area is 187 Å². The maximum absolute atomic E-state index is 12.8. The predicted octanol–water partition coefficient (Wildman–Crippen LogP) is 5.03. The molecule has 0 saturated carbocycles. The zero-order chi connectivity index (χ0) is 23.4. The smallest absolute Gasteiger partial charge is 0.310 e. The third-order valence-corrected chi connectivity index (χ3v) is 4.77. The molecule has 166 valence electrons. The highest BCUT2D eigenvalue weighted by Crippen LogP contribution is 2.30. The lowest BCUT2D eigenvalue weighted by atomic mass is 10.0. The van der Waals surface area contributed by atoms with Crippen molar-refractivity contribution < 1.29 is 22.8 Å². The van der Waals surface area contributed by atoms with E-state index in [4.69, 9.17) is 0 Å². The van der Waals surface area contributed by atoms with E-state index in [2.05, 4.69) is 32.8 Å². The molecular formula is C24H17F3N4O2. The maximum Gasteiger partial charge on any atom is 0.416 e. The molecule has 0 aliphatic carbocycles. The van der Waals surface area contributed by atoms with Crippen molar-refractivity contribution in [2.75, 3.05) is 16.0 Å². The van der Waals surface area contributed by atoms with Crippen molar-refractivity contribution in [2.45, 2.75) is 19.0 Å². The molecule has 33 heavy (non-hydrogen) atoms. The summed E-state index contributed by atoms with van der Waals surface area (Å²) in [5.41, 5.74) is 1.83. The number of anilines is 3. The topological polar surface area (TPSA) is 83.1 Å². The molecule has 2 aromatic carbocycles. The SMILES string of the molecule is O=C1CCc2cc(C#Cc3cccc(NC(=O)Nc4cccc(C(F)(F)F)c4)c3)cnc2N1. The number of urea groups is 1. The van der Waals surface area contributed by atoms with E-state index >= 15 is 0 Å². The van der Waals surface area contributed by atoms with Gasteiger partial charge in [-0.2, -0.15) is 13.2 Å². The summed E-state index contributed by atoms with van der Waals surface area (Å²) in [6.45, 7) is 0. The summed E-state index contributed by atoms with van der Waals surface area (Å²) in [6, 6.07) is 12.3. The number of fused-ring (bicyclic) bond motifs is 1. The molecule has 0 spiro atoms. The number of benzene rings is 2. The van der Waals surface area contributed by atoms with Crippen LogP contribution >= 0.6 is 0 Å². The van der Waals surface area contributed by atoms with Crippen LogP contribution in [0.25, 0.3) is 0 Å². The number of aromatic nitrogens is 1. The molecule has 6 nitrogen and oxygen atoms in total. The van der Waals surface area contributed by atoms with Crippen LogP contribution in [0, 0.1) is 11.8 Å². The van der Waals surface area contributed by atoms with Crippen LogP contribution in [0.2, 0.25) is 0 Å². The standard InChI is InChI=1S/C24H17F3N4O2/c25-24(26,27)18-4-2-6-20(13-18)30-23(33)29-19-5-1-3-15(12-19)7-8-16-11-17-9-10-21(32)31-22(17)28-14-16/h1-6,11-14H,9-10H2,(H,28,31,32)(H2,29,30,33). The Kier molecular flexibility index (Phi) is 6.00. The van der Waals surface area contributed by atoms with Crippen LogP contribution in [-0.2, 0) is 17.4 Å². The third-order valence-electron chi connectivity index (χ3n) is 4.77. The summed E-state index contributed by atoms with van der Waals surface area (Å²) in [5, 5.41) is 7.68. The molecule has 0 unspecified atom stereocenters. The van der Waals surface area contributed by atoms with Crippen molar-refractivity contribution >= 4 is 29.1 Å². The Morgan fingerprint density at radius 2 is 1.64 bits per heavy atom. The summed E-state index contributed by atoms with van der Waals surface area (Å²) in [4.78, 5) is 27.9. The van der Waals surface area contributed by atoms with Gasteiger partial charge in [0.05, 0.1) is 5.56 Å². The highest BCUT2D eigenvalue weighted by molar-refractivity contribution is 5.99. The van der Waals surface area contributed by atoms with Crippen molar-refractivity contribution in [1.82, 2.24) is 4.98 Å². The van der Waals surface area contributed by atoms with Crippen molar-refractivity contribution in [1.29, 1.82) is 0 Å². The van der Waals surface area contributed by atoms with Gasteiger partial charge >= 0.3 is 12.2 Å². The van der Waals surface area contributed by atoms with Crippen LogP contribution in [0.4, 0.5) is 35.2 Å². The molecule has 0 fully saturated rings. The normalized spacial score (nSPS) is 12.6. The fourth-order valence-corrected chi connectivity index (χ4v) is 3.21. The predicted molar refractivity (Wildman–Crippen MR) is 118 cm³/mol. The van der Waals surface area contributed by atoms with E-state index < -0.39 is 17.8 Å². The Morgan fingerprint density at radius 1 is 0.939 bits per heavy atom. The van der Waals surface area contributed by atoms with Crippen LogP contribution in [0.1, 0.15) is 28.7 Å². The van der Waals surface area contributed by atoms with E-state index in [1.807, 2.05) is 6.07 Å². The molecule has 0 saturated heterocycles. The van der Waals surface area contributed by atoms with Crippen LogP contribution < -0.4 is 16.0 Å². The van der Waals surface area contributed by atoms with Crippen LogP contribution in [-0.4, -0.2) is 16.9 Å². The minimum absolute atomic E-state index is 0.0226. The molecule has 2 heterocycles. The van der Waals surface area contributed by atoms with Crippen molar-refractivity contribution in [3.05, 3.63) is 83.0 Å². The Hall–Kier alpha value is -4.32. The van der Waals surface area contributed by atoms with Gasteiger partial charge in [-0.25, -0.2) is 9.78 Å². The molecule has 1 aliphatic rings. The van der Waals surface area contributed by atoms with Gasteiger partial charge < -0.3 is 16.0 Å². The molecule has 3 aromatic rings. The fourth-order valence-electron chi connectivity index (χ4n) is 3.21. The van der Waals surface area contributed by atoms with E-state index in [0.29, 0.717) is 35.5 Å². The largest absolute Gasteiger partial charge is 0.416 e. The van der Waals surface area contributed by atoms with E-state index in [0.717, 1.165) is 17.7 Å². The number of pyridine rings is 1. The second-order valence-corrected chi connectivity index (χ2v) is 7.27. The number of halogens is 3. The molecule has 0 radical (unpaired) electrons. The summed E-state index contributed by atoms with van der Waals surface area (Å²) in [6.07, 6.45) is -1.92. The van der Waals surface area contributed by atoms with Gasteiger partial charge in [0.25, 0.3) is 0 Å². The molecule has 9 heteroatoms. The molecule has 3 N–H and O–H groups in total. The molecule has 1 aliphatic heterocycles. The lowest BCUT2D eigenvalue weighted by Crippen LogP contribution is -2.20. The number of carbonyl (C=O) groups is 2. The second-order valence-electron chi connectivity index (χ2n) is 7.27. The fraction of sp³-hybridized carbons (Fsp3) is 0.125. The van der Waals surface area contributed by atoms with E-state index in [-0.39, 0.29) is 11.6 Å². The first kappa shape index (κ1) is 21.9. The Bertz CT molecular complexity index is 1290. The Morgan fingerprint density at radius 3 is 2.39 bits per heavy atom. The molecule has 0 bridgehead atoms. The quantitative estimate of drug-likeness (QED) is 0.479. The van der Waals surface area contributed by atoms with E-state index in [9.17, 15) is 22.8 Å². The summed E-state index contributed by atoms with van der Waals surface area (Å²) >= 11 is 0. The number of nitrogens with zero attached hydrogens (tertiary/aromatic N) is 1.